The minimum absolute atomic E-state index is 0.124. The summed E-state index contributed by atoms with van der Waals surface area (Å²) in [6, 6.07) is -0.877. The van der Waals surface area contributed by atoms with Crippen molar-refractivity contribution >= 4 is 11.9 Å². The maximum atomic E-state index is 11.8. The van der Waals surface area contributed by atoms with Crippen molar-refractivity contribution in [1.82, 2.24) is 5.32 Å². The molecule has 1 aliphatic rings. The molecule has 6 heteroatoms. The second-order valence-electron chi connectivity index (χ2n) is 4.14. The van der Waals surface area contributed by atoms with Crippen LogP contribution in [0.4, 0.5) is 0 Å². The van der Waals surface area contributed by atoms with Crippen LogP contribution in [0.3, 0.4) is 0 Å². The SMILES string of the molecule is CC[C@H](C)[C@H](NC(=O)[C@@H]1COCCO1)C(=O)O. The molecule has 1 heterocycles. The van der Waals surface area contributed by atoms with Gasteiger partial charge in [0.1, 0.15) is 6.04 Å². The highest BCUT2D eigenvalue weighted by molar-refractivity contribution is 5.86. The Balaban J connectivity index is 2.53. The van der Waals surface area contributed by atoms with E-state index in [0.29, 0.717) is 19.6 Å². The molecule has 0 saturated carbocycles. The van der Waals surface area contributed by atoms with Gasteiger partial charge in [-0.3, -0.25) is 4.79 Å². The van der Waals surface area contributed by atoms with E-state index in [1.807, 2.05) is 6.92 Å². The van der Waals surface area contributed by atoms with Gasteiger partial charge >= 0.3 is 5.97 Å². The number of carbonyl (C=O) groups is 2. The van der Waals surface area contributed by atoms with E-state index in [-0.39, 0.29) is 12.5 Å². The predicted octanol–water partition coefficient (Wildman–Crippen LogP) is 0.0173. The molecular weight excluding hydrogens is 226 g/mol. The molecular formula is C11H19NO5. The van der Waals surface area contributed by atoms with Gasteiger partial charge in [0.05, 0.1) is 19.8 Å². The van der Waals surface area contributed by atoms with Gasteiger partial charge in [-0.15, -0.1) is 0 Å². The Kier molecular flexibility index (Phi) is 5.37. The Morgan fingerprint density at radius 2 is 2.18 bits per heavy atom. The van der Waals surface area contributed by atoms with Gasteiger partial charge in [0.2, 0.25) is 0 Å². The van der Waals surface area contributed by atoms with Crippen LogP contribution in [-0.4, -0.2) is 48.9 Å². The number of aliphatic carboxylic acids is 1. The van der Waals surface area contributed by atoms with Gasteiger partial charge in [0.15, 0.2) is 6.10 Å². The minimum atomic E-state index is -1.02. The Labute approximate surface area is 100 Å². The van der Waals surface area contributed by atoms with Gasteiger partial charge in [-0.2, -0.15) is 0 Å². The highest BCUT2D eigenvalue weighted by Gasteiger charge is 2.30. The lowest BCUT2D eigenvalue weighted by Gasteiger charge is -2.26. The van der Waals surface area contributed by atoms with Crippen LogP contribution >= 0.6 is 0 Å². The van der Waals surface area contributed by atoms with Crippen molar-refractivity contribution in [2.75, 3.05) is 19.8 Å². The number of amides is 1. The Bertz CT molecular complexity index is 275. The first-order valence-electron chi connectivity index (χ1n) is 5.78. The highest BCUT2D eigenvalue weighted by Crippen LogP contribution is 2.09. The average molecular weight is 245 g/mol. The molecule has 2 N–H and O–H groups in total. The number of hydrogen-bond donors (Lipinski definition) is 2. The summed E-state index contributed by atoms with van der Waals surface area (Å²) in [5, 5.41) is 11.5. The first-order chi connectivity index (χ1) is 8.06. The summed E-state index contributed by atoms with van der Waals surface area (Å²) in [6.45, 7) is 4.68. The number of carboxylic acids is 1. The smallest absolute Gasteiger partial charge is 0.326 e. The summed E-state index contributed by atoms with van der Waals surface area (Å²) in [5.74, 6) is -1.57. The van der Waals surface area contributed by atoms with Gasteiger partial charge in [-0.25, -0.2) is 4.79 Å². The van der Waals surface area contributed by atoms with Gasteiger partial charge in [0.25, 0.3) is 5.91 Å². The monoisotopic (exact) mass is 245 g/mol. The van der Waals surface area contributed by atoms with Crippen molar-refractivity contribution in [1.29, 1.82) is 0 Å². The molecule has 1 saturated heterocycles. The molecule has 0 radical (unpaired) electrons. The third-order valence-corrected chi connectivity index (χ3v) is 2.89. The molecule has 0 spiro atoms. The number of carbonyl (C=O) groups excluding carboxylic acids is 1. The molecule has 1 amide bonds. The lowest BCUT2D eigenvalue weighted by Crippen LogP contribution is -2.51. The zero-order valence-electron chi connectivity index (χ0n) is 10.1. The first-order valence-corrected chi connectivity index (χ1v) is 5.78. The maximum Gasteiger partial charge on any atom is 0.326 e. The van der Waals surface area contributed by atoms with Crippen molar-refractivity contribution in [3.05, 3.63) is 0 Å². The van der Waals surface area contributed by atoms with Crippen molar-refractivity contribution in [3.63, 3.8) is 0 Å². The van der Waals surface area contributed by atoms with Crippen molar-refractivity contribution in [3.8, 4) is 0 Å². The fourth-order valence-corrected chi connectivity index (χ4v) is 1.57. The van der Waals surface area contributed by atoms with Crippen LogP contribution in [0, 0.1) is 5.92 Å². The summed E-state index contributed by atoms with van der Waals surface area (Å²) >= 11 is 0. The number of nitrogens with one attached hydrogen (secondary N) is 1. The molecule has 98 valence electrons. The van der Waals surface area contributed by atoms with Crippen LogP contribution in [0.1, 0.15) is 20.3 Å². The van der Waals surface area contributed by atoms with E-state index in [1.54, 1.807) is 6.92 Å². The zero-order chi connectivity index (χ0) is 12.8. The number of hydrogen-bond acceptors (Lipinski definition) is 4. The number of carboxylic acid groups (broad SMARTS) is 1. The standard InChI is InChI=1S/C11H19NO5/c1-3-7(2)9(11(14)15)12-10(13)8-6-16-4-5-17-8/h7-9H,3-6H2,1-2H3,(H,12,13)(H,14,15)/t7-,8-,9-/m0/s1. The van der Waals surface area contributed by atoms with E-state index in [2.05, 4.69) is 5.32 Å². The molecule has 1 rings (SSSR count). The largest absolute Gasteiger partial charge is 0.480 e. The van der Waals surface area contributed by atoms with E-state index >= 15 is 0 Å². The quantitative estimate of drug-likeness (QED) is 0.713. The van der Waals surface area contributed by atoms with E-state index in [0.717, 1.165) is 0 Å². The van der Waals surface area contributed by atoms with Gasteiger partial charge < -0.3 is 19.9 Å². The Hall–Kier alpha value is -1.14. The van der Waals surface area contributed by atoms with Crippen LogP contribution in [0.25, 0.3) is 0 Å². The number of ether oxygens (including phenoxy) is 2. The summed E-state index contributed by atoms with van der Waals surface area (Å²) in [6.07, 6.45) is -0.0196. The molecule has 0 unspecified atom stereocenters. The lowest BCUT2D eigenvalue weighted by atomic mass is 9.99. The summed E-state index contributed by atoms with van der Waals surface area (Å²) in [7, 11) is 0. The van der Waals surface area contributed by atoms with Crippen molar-refractivity contribution in [2.45, 2.75) is 32.4 Å². The fourth-order valence-electron chi connectivity index (χ4n) is 1.57. The number of rotatable bonds is 5. The zero-order valence-corrected chi connectivity index (χ0v) is 10.1. The second-order valence-corrected chi connectivity index (χ2v) is 4.14. The highest BCUT2D eigenvalue weighted by atomic mass is 16.6. The van der Waals surface area contributed by atoms with E-state index in [1.165, 1.54) is 0 Å². The average Bonchev–Trinajstić information content (AvgIpc) is 2.35. The minimum Gasteiger partial charge on any atom is -0.480 e. The van der Waals surface area contributed by atoms with Crippen LogP contribution in [-0.2, 0) is 19.1 Å². The molecule has 0 aromatic rings. The van der Waals surface area contributed by atoms with Crippen LogP contribution in [0.2, 0.25) is 0 Å². The first kappa shape index (κ1) is 13.9. The van der Waals surface area contributed by atoms with Gasteiger partial charge in [-0.1, -0.05) is 20.3 Å². The second kappa shape index (κ2) is 6.56. The molecule has 0 bridgehead atoms. The Morgan fingerprint density at radius 1 is 1.47 bits per heavy atom. The van der Waals surface area contributed by atoms with Crippen LogP contribution in [0.15, 0.2) is 0 Å². The fraction of sp³-hybridized carbons (Fsp3) is 0.818. The summed E-state index contributed by atoms with van der Waals surface area (Å²) in [4.78, 5) is 22.8. The maximum absolute atomic E-state index is 11.8. The normalized spacial score (nSPS) is 23.8. The van der Waals surface area contributed by atoms with Gasteiger partial charge in [-0.05, 0) is 5.92 Å². The van der Waals surface area contributed by atoms with Crippen molar-refractivity contribution in [2.24, 2.45) is 5.92 Å². The molecule has 0 aliphatic carbocycles. The molecule has 0 aromatic carbocycles. The molecule has 6 nitrogen and oxygen atoms in total. The third-order valence-electron chi connectivity index (χ3n) is 2.89. The molecule has 1 fully saturated rings. The molecule has 3 atom stereocenters. The van der Waals surface area contributed by atoms with Crippen LogP contribution in [0.5, 0.6) is 0 Å². The predicted molar refractivity (Wildman–Crippen MR) is 59.6 cm³/mol. The molecule has 17 heavy (non-hydrogen) atoms. The van der Waals surface area contributed by atoms with Crippen molar-refractivity contribution < 1.29 is 24.2 Å². The van der Waals surface area contributed by atoms with Gasteiger partial charge in [0, 0.05) is 0 Å². The molecule has 1 aliphatic heterocycles. The summed E-state index contributed by atoms with van der Waals surface area (Å²) < 4.78 is 10.3. The lowest BCUT2D eigenvalue weighted by molar-refractivity contribution is -0.153. The third kappa shape index (κ3) is 3.98. The van der Waals surface area contributed by atoms with Crippen LogP contribution < -0.4 is 5.32 Å². The van der Waals surface area contributed by atoms with E-state index in [4.69, 9.17) is 14.6 Å². The topological polar surface area (TPSA) is 84.9 Å². The van der Waals surface area contributed by atoms with E-state index in [9.17, 15) is 9.59 Å². The Morgan fingerprint density at radius 3 is 2.65 bits per heavy atom. The summed E-state index contributed by atoms with van der Waals surface area (Å²) in [5.41, 5.74) is 0. The molecule has 0 aromatic heterocycles. The van der Waals surface area contributed by atoms with E-state index < -0.39 is 24.0 Å².